The summed E-state index contributed by atoms with van der Waals surface area (Å²) in [6, 6.07) is 3.93. The highest BCUT2D eigenvalue weighted by molar-refractivity contribution is 7.90. The average molecular weight is 286 g/mol. The lowest BCUT2D eigenvalue weighted by molar-refractivity contribution is -0.137. The molecule has 0 fully saturated rings. The minimum absolute atomic E-state index is 0.0381. The number of carboxylic acid groups (broad SMARTS) is 1. The molecule has 1 aromatic rings. The zero-order valence-electron chi connectivity index (χ0n) is 9.53. The number of hydrogen-bond acceptors (Lipinski definition) is 6. The molecule has 0 bridgehead atoms. The third-order valence-corrected chi connectivity index (χ3v) is 4.51. The number of nitrogens with zero attached hydrogens (tertiary/aromatic N) is 1. The van der Waals surface area contributed by atoms with Gasteiger partial charge in [0.15, 0.2) is 0 Å². The first-order valence-electron chi connectivity index (χ1n) is 5.21. The Kier molecular flexibility index (Phi) is 3.16. The molecule has 0 saturated carbocycles. The van der Waals surface area contributed by atoms with Crippen molar-refractivity contribution in [1.82, 2.24) is 4.31 Å². The number of fused-ring (bicyclic) bond motifs is 1. The molecule has 0 spiro atoms. The number of carboxylic acids is 1. The van der Waals surface area contributed by atoms with Crippen molar-refractivity contribution in [3.05, 3.63) is 23.8 Å². The van der Waals surface area contributed by atoms with Crippen LogP contribution in [0.25, 0.3) is 0 Å². The number of benzene rings is 1. The molecular formula is C10H10N2O6S. The third kappa shape index (κ3) is 2.02. The van der Waals surface area contributed by atoms with E-state index in [9.17, 15) is 18.0 Å². The predicted molar refractivity (Wildman–Crippen MR) is 62.3 cm³/mol. The highest BCUT2D eigenvalue weighted by Gasteiger charge is 2.42. The highest BCUT2D eigenvalue weighted by atomic mass is 32.2. The fourth-order valence-electron chi connectivity index (χ4n) is 1.83. The molecule has 3 N–H and O–H groups in total. The van der Waals surface area contributed by atoms with Crippen LogP contribution in [0.5, 0.6) is 0 Å². The number of amides is 1. The Balaban J connectivity index is 2.50. The van der Waals surface area contributed by atoms with Gasteiger partial charge in [-0.05, 0) is 12.1 Å². The maximum absolute atomic E-state index is 12.1. The second kappa shape index (κ2) is 4.52. The van der Waals surface area contributed by atoms with E-state index in [1.54, 1.807) is 5.48 Å². The number of nitrogens with one attached hydrogen (secondary N) is 1. The van der Waals surface area contributed by atoms with Crippen LogP contribution in [0, 0.1) is 0 Å². The number of anilines is 1. The summed E-state index contributed by atoms with van der Waals surface area (Å²) in [4.78, 5) is 22.2. The van der Waals surface area contributed by atoms with Gasteiger partial charge in [-0.3, -0.25) is 20.3 Å². The Morgan fingerprint density at radius 1 is 1.37 bits per heavy atom. The molecule has 0 radical (unpaired) electrons. The summed E-state index contributed by atoms with van der Waals surface area (Å²) < 4.78 is 24.6. The fraction of sp³-hybridized carbons (Fsp3) is 0.200. The van der Waals surface area contributed by atoms with Crippen LogP contribution >= 0.6 is 0 Å². The molecule has 0 unspecified atom stereocenters. The third-order valence-electron chi connectivity index (χ3n) is 2.68. The fourth-order valence-corrected chi connectivity index (χ4v) is 3.42. The van der Waals surface area contributed by atoms with Crippen molar-refractivity contribution in [3.63, 3.8) is 0 Å². The molecule has 8 nitrogen and oxygen atoms in total. The van der Waals surface area contributed by atoms with Gasteiger partial charge in [-0.2, -0.15) is 0 Å². The first-order chi connectivity index (χ1) is 8.89. The molecule has 1 aliphatic rings. The zero-order valence-corrected chi connectivity index (χ0v) is 10.3. The Morgan fingerprint density at radius 3 is 2.63 bits per heavy atom. The van der Waals surface area contributed by atoms with E-state index >= 15 is 0 Å². The Morgan fingerprint density at radius 2 is 2.05 bits per heavy atom. The summed E-state index contributed by atoms with van der Waals surface area (Å²) in [6.45, 7) is -0.448. The van der Waals surface area contributed by atoms with E-state index in [0.717, 1.165) is 0 Å². The SMILES string of the molecule is O=C(O)CCN1C(=O)c2c(NO)cccc2S1(=O)=O. The number of rotatable bonds is 4. The van der Waals surface area contributed by atoms with E-state index in [1.807, 2.05) is 0 Å². The molecule has 0 aliphatic carbocycles. The van der Waals surface area contributed by atoms with Gasteiger partial charge < -0.3 is 5.11 Å². The Labute approximate surface area is 108 Å². The largest absolute Gasteiger partial charge is 0.481 e. The molecule has 19 heavy (non-hydrogen) atoms. The van der Waals surface area contributed by atoms with Gasteiger partial charge in [-0.15, -0.1) is 0 Å². The van der Waals surface area contributed by atoms with Crippen molar-refractivity contribution < 1.29 is 28.3 Å². The number of sulfonamides is 1. The normalized spacial score (nSPS) is 16.3. The summed E-state index contributed by atoms with van der Waals surface area (Å²) in [5.74, 6) is -2.06. The maximum Gasteiger partial charge on any atom is 0.305 e. The van der Waals surface area contributed by atoms with Crippen LogP contribution in [-0.2, 0) is 14.8 Å². The van der Waals surface area contributed by atoms with Gasteiger partial charge in [-0.1, -0.05) is 6.07 Å². The zero-order chi connectivity index (χ0) is 14.2. The van der Waals surface area contributed by atoms with Crippen molar-refractivity contribution in [2.45, 2.75) is 11.3 Å². The number of carbonyl (C=O) groups is 2. The van der Waals surface area contributed by atoms with Gasteiger partial charge in [-0.25, -0.2) is 12.7 Å². The Hall–Kier alpha value is -2.13. The molecule has 1 aliphatic heterocycles. The van der Waals surface area contributed by atoms with E-state index in [0.29, 0.717) is 4.31 Å². The minimum Gasteiger partial charge on any atom is -0.481 e. The number of carbonyl (C=O) groups excluding carboxylic acids is 1. The van der Waals surface area contributed by atoms with Crippen LogP contribution < -0.4 is 5.48 Å². The van der Waals surface area contributed by atoms with Gasteiger partial charge in [0.25, 0.3) is 15.9 Å². The highest BCUT2D eigenvalue weighted by Crippen LogP contribution is 2.34. The van der Waals surface area contributed by atoms with Crippen LogP contribution in [0.1, 0.15) is 16.8 Å². The van der Waals surface area contributed by atoms with Gasteiger partial charge >= 0.3 is 5.97 Å². The number of aliphatic carboxylic acids is 1. The molecule has 0 saturated heterocycles. The molecule has 1 aromatic carbocycles. The van der Waals surface area contributed by atoms with E-state index in [1.165, 1.54) is 18.2 Å². The molecule has 9 heteroatoms. The smallest absolute Gasteiger partial charge is 0.305 e. The van der Waals surface area contributed by atoms with Gasteiger partial charge in [0.2, 0.25) is 0 Å². The van der Waals surface area contributed by atoms with Crippen LogP contribution in [-0.4, -0.2) is 41.5 Å². The summed E-state index contributed by atoms with van der Waals surface area (Å²) >= 11 is 0. The van der Waals surface area contributed by atoms with Crippen LogP contribution in [0.4, 0.5) is 5.69 Å². The molecule has 1 amide bonds. The standard InChI is InChI=1S/C10H10N2O6S/c13-8(14)4-5-12-10(15)9-6(11-16)2-1-3-7(9)19(12,17)18/h1-3,11,16H,4-5H2,(H,13,14). The molecule has 0 aromatic heterocycles. The molecule has 1 heterocycles. The topological polar surface area (TPSA) is 124 Å². The predicted octanol–water partition coefficient (Wildman–Crippen LogP) is 0.107. The lowest BCUT2D eigenvalue weighted by atomic mass is 10.1. The average Bonchev–Trinajstić information content (AvgIpc) is 2.55. The second-order valence-corrected chi connectivity index (χ2v) is 5.65. The lowest BCUT2D eigenvalue weighted by Crippen LogP contribution is -2.32. The van der Waals surface area contributed by atoms with Crippen LogP contribution in [0.3, 0.4) is 0 Å². The number of hydrogen-bond donors (Lipinski definition) is 3. The van der Waals surface area contributed by atoms with Crippen molar-refractivity contribution in [1.29, 1.82) is 0 Å². The molecular weight excluding hydrogens is 276 g/mol. The van der Waals surface area contributed by atoms with Crippen LogP contribution in [0.2, 0.25) is 0 Å². The quantitative estimate of drug-likeness (QED) is 0.671. The summed E-state index contributed by atoms with van der Waals surface area (Å²) in [6.07, 6.45) is -0.485. The second-order valence-electron chi connectivity index (χ2n) is 3.82. The van der Waals surface area contributed by atoms with E-state index in [2.05, 4.69) is 0 Å². The van der Waals surface area contributed by atoms with Crippen molar-refractivity contribution in [2.75, 3.05) is 12.0 Å². The van der Waals surface area contributed by atoms with E-state index in [4.69, 9.17) is 10.3 Å². The molecule has 102 valence electrons. The summed E-state index contributed by atoms with van der Waals surface area (Å²) in [5, 5.41) is 17.4. The van der Waals surface area contributed by atoms with Gasteiger partial charge in [0.05, 0.1) is 17.7 Å². The van der Waals surface area contributed by atoms with Crippen LogP contribution in [0.15, 0.2) is 23.1 Å². The molecule has 0 atom stereocenters. The van der Waals surface area contributed by atoms with Gasteiger partial charge in [0, 0.05) is 6.54 Å². The van der Waals surface area contributed by atoms with E-state index in [-0.39, 0.29) is 16.1 Å². The van der Waals surface area contributed by atoms with Crippen molar-refractivity contribution in [3.8, 4) is 0 Å². The molecule has 2 rings (SSSR count). The summed E-state index contributed by atoms with van der Waals surface area (Å²) in [7, 11) is -4.05. The lowest BCUT2D eigenvalue weighted by Gasteiger charge is -2.13. The monoisotopic (exact) mass is 286 g/mol. The summed E-state index contributed by atoms with van der Waals surface area (Å²) in [5.41, 5.74) is 1.53. The van der Waals surface area contributed by atoms with E-state index < -0.39 is 34.9 Å². The first-order valence-corrected chi connectivity index (χ1v) is 6.65. The van der Waals surface area contributed by atoms with Crippen molar-refractivity contribution >= 4 is 27.6 Å². The van der Waals surface area contributed by atoms with Gasteiger partial charge in [0.1, 0.15) is 4.90 Å². The van der Waals surface area contributed by atoms with Crippen molar-refractivity contribution in [2.24, 2.45) is 0 Å². The Bertz CT molecular complexity index is 654. The maximum atomic E-state index is 12.1. The first kappa shape index (κ1) is 13.3. The minimum atomic E-state index is -4.05.